The largest absolute Gasteiger partial charge is 0.346 e. The molecule has 6 heteroatoms. The van der Waals surface area contributed by atoms with Gasteiger partial charge in [0.15, 0.2) is 0 Å². The van der Waals surface area contributed by atoms with E-state index < -0.39 is 0 Å². The van der Waals surface area contributed by atoms with Crippen molar-refractivity contribution < 1.29 is 4.92 Å². The van der Waals surface area contributed by atoms with Crippen LogP contribution in [0.2, 0.25) is 5.02 Å². The number of rotatable bonds is 3. The van der Waals surface area contributed by atoms with E-state index in [0.29, 0.717) is 11.6 Å². The number of amidine groups is 1. The fourth-order valence-corrected chi connectivity index (χ4v) is 4.78. The highest BCUT2D eigenvalue weighted by molar-refractivity contribution is 6.30. The number of non-ortho nitro benzene ring substituents is 1. The monoisotopic (exact) mass is 403 g/mol. The lowest BCUT2D eigenvalue weighted by atomic mass is 9.64. The molecule has 0 aliphatic carbocycles. The first-order valence-electron chi connectivity index (χ1n) is 9.42. The highest BCUT2D eigenvalue weighted by atomic mass is 35.5. The van der Waals surface area contributed by atoms with Crippen LogP contribution in [0, 0.1) is 10.1 Å². The van der Waals surface area contributed by atoms with E-state index in [9.17, 15) is 10.1 Å². The van der Waals surface area contributed by atoms with E-state index in [1.54, 1.807) is 12.1 Å². The third-order valence-corrected chi connectivity index (χ3v) is 6.23. The summed E-state index contributed by atoms with van der Waals surface area (Å²) in [6.07, 6.45) is 0. The molecule has 3 aromatic carbocycles. The molecule has 0 aromatic heterocycles. The van der Waals surface area contributed by atoms with Gasteiger partial charge in [0.2, 0.25) is 0 Å². The fourth-order valence-electron chi connectivity index (χ4n) is 4.59. The molecule has 5 nitrogen and oxygen atoms in total. The number of nitrogens with zero attached hydrogens (tertiary/aromatic N) is 3. The van der Waals surface area contributed by atoms with Gasteiger partial charge in [-0.3, -0.25) is 10.1 Å². The molecule has 0 saturated carbocycles. The molecule has 0 N–H and O–H groups in total. The summed E-state index contributed by atoms with van der Waals surface area (Å²) in [5.41, 5.74) is 4.02. The number of hydrogen-bond donors (Lipinski definition) is 0. The second kappa shape index (κ2) is 6.42. The first-order valence-corrected chi connectivity index (χ1v) is 9.80. The van der Waals surface area contributed by atoms with Crippen LogP contribution >= 0.6 is 11.6 Å². The summed E-state index contributed by atoms with van der Waals surface area (Å²) in [6, 6.07) is 23.0. The number of aliphatic imine (C=N–C) groups is 1. The molecule has 2 aliphatic heterocycles. The summed E-state index contributed by atoms with van der Waals surface area (Å²) in [7, 11) is 0. The maximum absolute atomic E-state index is 11.1. The maximum Gasteiger partial charge on any atom is 0.269 e. The molecule has 2 atom stereocenters. The molecule has 1 fully saturated rings. The highest BCUT2D eigenvalue weighted by Gasteiger charge is 2.57. The second-order valence-electron chi connectivity index (χ2n) is 7.66. The van der Waals surface area contributed by atoms with Crippen molar-refractivity contribution in [3.8, 4) is 0 Å². The molecule has 0 bridgehead atoms. The molecular weight excluding hydrogens is 386 g/mol. The predicted octanol–water partition coefficient (Wildman–Crippen LogP) is 5.81. The Bertz CT molecular complexity index is 1140. The fraction of sp³-hybridized carbons (Fsp3) is 0.174. The van der Waals surface area contributed by atoms with Gasteiger partial charge in [-0.25, -0.2) is 4.99 Å². The third kappa shape index (κ3) is 2.65. The van der Waals surface area contributed by atoms with Crippen LogP contribution < -0.4 is 0 Å². The van der Waals surface area contributed by atoms with Crippen LogP contribution in [0.5, 0.6) is 0 Å². The van der Waals surface area contributed by atoms with Gasteiger partial charge in [-0.05, 0) is 41.8 Å². The molecular formula is C23H18ClN3O2. The molecule has 3 aromatic rings. The quantitative estimate of drug-likeness (QED) is 0.409. The number of benzene rings is 3. The SMILES string of the molecule is C[C@]1(c2ccccc2)C2=Nc3ccc(Cl)cc3CN2[C@H]1c1ccc([N+](=O)[O-])cc1. The molecule has 0 spiro atoms. The van der Waals surface area contributed by atoms with Crippen LogP contribution in [-0.4, -0.2) is 15.7 Å². The van der Waals surface area contributed by atoms with Crippen molar-refractivity contribution in [1.29, 1.82) is 0 Å². The standard InChI is InChI=1S/C23H18ClN3O2/c1-23(17-5-3-2-4-6-17)21(15-7-10-19(11-8-15)27(28)29)26-14-16-13-18(24)9-12-20(16)25-22(23)26/h2-13,21H,14H2,1H3/t21-,23+/m0/s1. The van der Waals surface area contributed by atoms with Gasteiger partial charge in [-0.1, -0.05) is 54.1 Å². The Balaban J connectivity index is 1.65. The number of hydrogen-bond acceptors (Lipinski definition) is 4. The van der Waals surface area contributed by atoms with E-state index in [1.165, 1.54) is 5.56 Å². The minimum Gasteiger partial charge on any atom is -0.346 e. The van der Waals surface area contributed by atoms with Crippen LogP contribution in [0.25, 0.3) is 0 Å². The molecule has 144 valence electrons. The van der Waals surface area contributed by atoms with Gasteiger partial charge in [-0.2, -0.15) is 0 Å². The van der Waals surface area contributed by atoms with Crippen molar-refractivity contribution in [2.24, 2.45) is 4.99 Å². The summed E-state index contributed by atoms with van der Waals surface area (Å²) in [5.74, 6) is 1.02. The van der Waals surface area contributed by atoms with Crippen LogP contribution in [0.3, 0.4) is 0 Å². The molecule has 1 saturated heterocycles. The van der Waals surface area contributed by atoms with Crippen molar-refractivity contribution in [2.75, 3.05) is 0 Å². The number of halogens is 1. The normalized spacial score (nSPS) is 22.2. The van der Waals surface area contributed by atoms with Crippen molar-refractivity contribution in [3.05, 3.63) is 105 Å². The lowest BCUT2D eigenvalue weighted by Gasteiger charge is -2.59. The number of fused-ring (bicyclic) bond motifs is 2. The third-order valence-electron chi connectivity index (χ3n) is 6.00. The van der Waals surface area contributed by atoms with E-state index in [1.807, 2.05) is 48.5 Å². The Labute approximate surface area is 173 Å². The Morgan fingerprint density at radius 1 is 1.10 bits per heavy atom. The lowest BCUT2D eigenvalue weighted by molar-refractivity contribution is -0.384. The highest BCUT2D eigenvalue weighted by Crippen LogP contribution is 2.55. The van der Waals surface area contributed by atoms with Gasteiger partial charge in [-0.15, -0.1) is 0 Å². The first-order chi connectivity index (χ1) is 14.0. The average Bonchev–Trinajstić information content (AvgIpc) is 2.73. The molecule has 5 rings (SSSR count). The minimum atomic E-state index is -0.368. The maximum atomic E-state index is 11.1. The molecule has 0 radical (unpaired) electrons. The number of nitro benzene ring substituents is 1. The number of nitro groups is 1. The zero-order chi connectivity index (χ0) is 20.2. The molecule has 2 aliphatic rings. The summed E-state index contributed by atoms with van der Waals surface area (Å²) in [5, 5.41) is 11.8. The first kappa shape index (κ1) is 17.9. The van der Waals surface area contributed by atoms with E-state index in [0.717, 1.165) is 22.6 Å². The van der Waals surface area contributed by atoms with Gasteiger partial charge in [0.25, 0.3) is 5.69 Å². The van der Waals surface area contributed by atoms with Gasteiger partial charge >= 0.3 is 0 Å². The van der Waals surface area contributed by atoms with Crippen molar-refractivity contribution in [1.82, 2.24) is 4.90 Å². The van der Waals surface area contributed by atoms with Crippen molar-refractivity contribution >= 4 is 28.8 Å². The van der Waals surface area contributed by atoms with E-state index in [-0.39, 0.29) is 22.1 Å². The minimum absolute atomic E-state index is 0.0246. The van der Waals surface area contributed by atoms with E-state index >= 15 is 0 Å². The second-order valence-corrected chi connectivity index (χ2v) is 8.09. The molecule has 2 heterocycles. The Morgan fingerprint density at radius 3 is 2.52 bits per heavy atom. The lowest BCUT2D eigenvalue weighted by Crippen LogP contribution is -2.64. The van der Waals surface area contributed by atoms with Crippen LogP contribution in [0.15, 0.2) is 77.8 Å². The smallest absolute Gasteiger partial charge is 0.269 e. The summed E-state index contributed by atoms with van der Waals surface area (Å²) >= 11 is 6.20. The summed E-state index contributed by atoms with van der Waals surface area (Å²) < 4.78 is 0. The van der Waals surface area contributed by atoms with Gasteiger partial charge in [0.1, 0.15) is 5.84 Å². The molecule has 0 unspecified atom stereocenters. The van der Waals surface area contributed by atoms with Gasteiger partial charge < -0.3 is 4.90 Å². The Hall–Kier alpha value is -3.18. The topological polar surface area (TPSA) is 58.7 Å². The van der Waals surface area contributed by atoms with Gasteiger partial charge in [0, 0.05) is 23.7 Å². The van der Waals surface area contributed by atoms with Crippen molar-refractivity contribution in [2.45, 2.75) is 24.9 Å². The Kier molecular flexibility index (Phi) is 3.96. The predicted molar refractivity (Wildman–Crippen MR) is 114 cm³/mol. The summed E-state index contributed by atoms with van der Waals surface area (Å²) in [4.78, 5) is 18.0. The van der Waals surface area contributed by atoms with Crippen molar-refractivity contribution in [3.63, 3.8) is 0 Å². The van der Waals surface area contributed by atoms with E-state index in [4.69, 9.17) is 16.6 Å². The zero-order valence-electron chi connectivity index (χ0n) is 15.7. The Morgan fingerprint density at radius 2 is 1.83 bits per heavy atom. The molecule has 29 heavy (non-hydrogen) atoms. The zero-order valence-corrected chi connectivity index (χ0v) is 16.5. The van der Waals surface area contributed by atoms with Gasteiger partial charge in [0.05, 0.1) is 22.1 Å². The van der Waals surface area contributed by atoms with E-state index in [2.05, 4.69) is 24.0 Å². The average molecular weight is 404 g/mol. The van der Waals surface area contributed by atoms with Crippen LogP contribution in [-0.2, 0) is 12.0 Å². The molecule has 0 amide bonds. The van der Waals surface area contributed by atoms with Crippen LogP contribution in [0.4, 0.5) is 11.4 Å². The van der Waals surface area contributed by atoms with Crippen LogP contribution in [0.1, 0.15) is 29.7 Å². The summed E-state index contributed by atoms with van der Waals surface area (Å²) in [6.45, 7) is 2.91.